The molecule has 0 bridgehead atoms. The van der Waals surface area contributed by atoms with E-state index in [1.807, 2.05) is 26.0 Å². The van der Waals surface area contributed by atoms with E-state index >= 15 is 0 Å². The normalized spacial score (nSPS) is 16.8. The number of benzene rings is 1. The highest BCUT2D eigenvalue weighted by Gasteiger charge is 2.27. The van der Waals surface area contributed by atoms with Crippen LogP contribution in [0.3, 0.4) is 0 Å². The Labute approximate surface area is 131 Å². The quantitative estimate of drug-likeness (QED) is 0.871. The van der Waals surface area contributed by atoms with Crippen molar-refractivity contribution in [3.05, 3.63) is 35.5 Å². The van der Waals surface area contributed by atoms with E-state index in [4.69, 9.17) is 4.52 Å². The Morgan fingerprint density at radius 1 is 1.09 bits per heavy atom. The molecule has 0 atom stereocenters. The van der Waals surface area contributed by atoms with E-state index in [0.717, 1.165) is 36.1 Å². The zero-order valence-corrected chi connectivity index (χ0v) is 13.7. The Morgan fingerprint density at radius 2 is 1.82 bits per heavy atom. The number of piperidine rings is 1. The molecule has 2 aromatic rings. The Balaban J connectivity index is 1.95. The number of nitrogens with zero attached hydrogens (tertiary/aromatic N) is 2. The summed E-state index contributed by atoms with van der Waals surface area (Å²) < 4.78 is 32.3. The summed E-state index contributed by atoms with van der Waals surface area (Å²) in [7, 11) is -3.40. The third-order valence-electron chi connectivity index (χ3n) is 4.02. The van der Waals surface area contributed by atoms with Gasteiger partial charge in [-0.3, -0.25) is 0 Å². The highest BCUT2D eigenvalue weighted by molar-refractivity contribution is 7.89. The first-order valence-electron chi connectivity index (χ1n) is 7.53. The van der Waals surface area contributed by atoms with E-state index in [1.54, 1.807) is 16.4 Å². The van der Waals surface area contributed by atoms with Gasteiger partial charge in [-0.2, -0.15) is 4.31 Å². The third kappa shape index (κ3) is 2.80. The van der Waals surface area contributed by atoms with Gasteiger partial charge in [0.25, 0.3) is 0 Å². The average Bonchev–Trinajstić information content (AvgIpc) is 2.94. The standard InChI is InChI=1S/C16H20N2O3S/c1-12-10-14(15-11-13(2)17-21-15)6-7-16(12)22(19,20)18-8-4-3-5-9-18/h6-7,10-11H,3-5,8-9H2,1-2H3. The Hall–Kier alpha value is -1.66. The topological polar surface area (TPSA) is 63.4 Å². The van der Waals surface area contributed by atoms with Crippen LogP contribution < -0.4 is 0 Å². The molecule has 0 spiro atoms. The minimum Gasteiger partial charge on any atom is -0.356 e. The lowest BCUT2D eigenvalue weighted by Crippen LogP contribution is -2.35. The minimum absolute atomic E-state index is 0.384. The average molecular weight is 320 g/mol. The molecule has 0 aliphatic carbocycles. The van der Waals surface area contributed by atoms with Crippen LogP contribution in [0, 0.1) is 13.8 Å². The Bertz CT molecular complexity index is 774. The van der Waals surface area contributed by atoms with Gasteiger partial charge in [-0.25, -0.2) is 8.42 Å². The van der Waals surface area contributed by atoms with Crippen LogP contribution in [-0.2, 0) is 10.0 Å². The monoisotopic (exact) mass is 320 g/mol. The van der Waals surface area contributed by atoms with Gasteiger partial charge in [-0.1, -0.05) is 11.6 Å². The number of sulfonamides is 1. The van der Waals surface area contributed by atoms with E-state index < -0.39 is 10.0 Å². The summed E-state index contributed by atoms with van der Waals surface area (Å²) in [6.07, 6.45) is 2.98. The molecule has 1 aliphatic rings. The van der Waals surface area contributed by atoms with Crippen LogP contribution in [0.15, 0.2) is 33.7 Å². The highest BCUT2D eigenvalue weighted by atomic mass is 32.2. The van der Waals surface area contributed by atoms with Crippen molar-refractivity contribution in [3.8, 4) is 11.3 Å². The summed E-state index contributed by atoms with van der Waals surface area (Å²) in [5.41, 5.74) is 2.38. The van der Waals surface area contributed by atoms with E-state index in [9.17, 15) is 8.42 Å². The van der Waals surface area contributed by atoms with Crippen LogP contribution in [0.4, 0.5) is 0 Å². The number of rotatable bonds is 3. The van der Waals surface area contributed by atoms with Crippen LogP contribution in [-0.4, -0.2) is 31.0 Å². The molecule has 2 heterocycles. The smallest absolute Gasteiger partial charge is 0.243 e. The summed E-state index contributed by atoms with van der Waals surface area (Å²) in [4.78, 5) is 0.384. The van der Waals surface area contributed by atoms with E-state index in [-0.39, 0.29) is 0 Å². The first kappa shape index (κ1) is 15.2. The Morgan fingerprint density at radius 3 is 2.41 bits per heavy atom. The third-order valence-corrected chi connectivity index (χ3v) is 6.08. The summed E-state index contributed by atoms with van der Waals surface area (Å²) >= 11 is 0. The Kier molecular flexibility index (Phi) is 4.06. The fourth-order valence-electron chi connectivity index (χ4n) is 2.84. The minimum atomic E-state index is -3.40. The van der Waals surface area contributed by atoms with Crippen LogP contribution in [0.5, 0.6) is 0 Å². The van der Waals surface area contributed by atoms with Gasteiger partial charge < -0.3 is 4.52 Å². The molecule has 1 aliphatic heterocycles. The van der Waals surface area contributed by atoms with Gasteiger partial charge in [-0.05, 0) is 50.5 Å². The van der Waals surface area contributed by atoms with Crippen molar-refractivity contribution in [1.29, 1.82) is 0 Å². The maximum atomic E-state index is 12.8. The predicted octanol–water partition coefficient (Wildman–Crippen LogP) is 3.13. The second-order valence-corrected chi connectivity index (χ2v) is 7.68. The van der Waals surface area contributed by atoms with Gasteiger partial charge >= 0.3 is 0 Å². The number of hydrogen-bond acceptors (Lipinski definition) is 4. The maximum Gasteiger partial charge on any atom is 0.243 e. The molecule has 1 aromatic carbocycles. The fourth-order valence-corrected chi connectivity index (χ4v) is 4.56. The van der Waals surface area contributed by atoms with Crippen molar-refractivity contribution in [1.82, 2.24) is 9.46 Å². The second-order valence-electron chi connectivity index (χ2n) is 5.78. The lowest BCUT2D eigenvalue weighted by molar-refractivity contribution is 0.346. The number of aryl methyl sites for hydroxylation is 2. The summed E-state index contributed by atoms with van der Waals surface area (Å²) in [6.45, 7) is 4.91. The van der Waals surface area contributed by atoms with Crippen molar-refractivity contribution in [2.75, 3.05) is 13.1 Å². The van der Waals surface area contributed by atoms with E-state index in [0.29, 0.717) is 23.7 Å². The molecule has 0 saturated carbocycles. The van der Waals surface area contributed by atoms with Gasteiger partial charge in [0.2, 0.25) is 10.0 Å². The van der Waals surface area contributed by atoms with Crippen LogP contribution in [0.1, 0.15) is 30.5 Å². The first-order chi connectivity index (χ1) is 10.5. The zero-order valence-electron chi connectivity index (χ0n) is 12.9. The molecular weight excluding hydrogens is 300 g/mol. The molecular formula is C16H20N2O3S. The number of aromatic nitrogens is 1. The molecule has 0 unspecified atom stereocenters. The number of hydrogen-bond donors (Lipinski definition) is 0. The van der Waals surface area contributed by atoms with Gasteiger partial charge in [-0.15, -0.1) is 0 Å². The summed E-state index contributed by atoms with van der Waals surface area (Å²) in [5, 5.41) is 3.87. The molecule has 5 nitrogen and oxygen atoms in total. The van der Waals surface area contributed by atoms with Crippen molar-refractivity contribution in [3.63, 3.8) is 0 Å². The SMILES string of the molecule is Cc1cc(-c2ccc(S(=O)(=O)N3CCCCC3)c(C)c2)on1. The summed E-state index contributed by atoms with van der Waals surface area (Å²) in [6, 6.07) is 7.14. The molecule has 1 fully saturated rings. The molecule has 1 saturated heterocycles. The van der Waals surface area contributed by atoms with Gasteiger partial charge in [0.05, 0.1) is 10.6 Å². The summed E-state index contributed by atoms with van der Waals surface area (Å²) in [5.74, 6) is 0.655. The largest absolute Gasteiger partial charge is 0.356 e. The lowest BCUT2D eigenvalue weighted by Gasteiger charge is -2.26. The molecule has 0 N–H and O–H groups in total. The van der Waals surface area contributed by atoms with E-state index in [1.165, 1.54) is 0 Å². The molecule has 0 radical (unpaired) electrons. The fraction of sp³-hybridized carbons (Fsp3) is 0.438. The highest BCUT2D eigenvalue weighted by Crippen LogP contribution is 2.28. The lowest BCUT2D eigenvalue weighted by atomic mass is 10.1. The molecule has 1 aromatic heterocycles. The van der Waals surface area contributed by atoms with Crippen LogP contribution >= 0.6 is 0 Å². The maximum absolute atomic E-state index is 12.8. The molecule has 3 rings (SSSR count). The van der Waals surface area contributed by atoms with Crippen molar-refractivity contribution >= 4 is 10.0 Å². The van der Waals surface area contributed by atoms with Gasteiger partial charge in [0.15, 0.2) is 5.76 Å². The molecule has 22 heavy (non-hydrogen) atoms. The zero-order chi connectivity index (χ0) is 15.7. The van der Waals surface area contributed by atoms with Crippen molar-refractivity contribution < 1.29 is 12.9 Å². The van der Waals surface area contributed by atoms with Crippen molar-refractivity contribution in [2.24, 2.45) is 0 Å². The second kappa shape index (κ2) is 5.85. The molecule has 118 valence electrons. The van der Waals surface area contributed by atoms with E-state index in [2.05, 4.69) is 5.16 Å². The first-order valence-corrected chi connectivity index (χ1v) is 8.97. The molecule has 0 amide bonds. The van der Waals surface area contributed by atoms with Gasteiger partial charge in [0, 0.05) is 24.7 Å². The van der Waals surface area contributed by atoms with Crippen LogP contribution in [0.2, 0.25) is 0 Å². The molecule has 6 heteroatoms. The van der Waals surface area contributed by atoms with Crippen LogP contribution in [0.25, 0.3) is 11.3 Å². The predicted molar refractivity (Wildman–Crippen MR) is 84.0 cm³/mol. The van der Waals surface area contributed by atoms with Gasteiger partial charge in [0.1, 0.15) is 0 Å². The van der Waals surface area contributed by atoms with Crippen molar-refractivity contribution in [2.45, 2.75) is 38.0 Å².